The van der Waals surface area contributed by atoms with Crippen LogP contribution in [0.4, 0.5) is 0 Å². The maximum absolute atomic E-state index is 12.6. The van der Waals surface area contributed by atoms with Crippen LogP contribution in [0, 0.1) is 6.92 Å². The number of piperazine rings is 1. The number of fused-ring (bicyclic) bond motifs is 1. The monoisotopic (exact) mass is 366 g/mol. The molecule has 1 N–H and O–H groups in total. The van der Waals surface area contributed by atoms with E-state index in [9.17, 15) is 9.59 Å². The van der Waals surface area contributed by atoms with Gasteiger partial charge < -0.3 is 9.88 Å². The standard InChI is InChI=1S/C21H26N4O2/c1-15-22-14-18(21(27)23-15)13-20(26)25-10-8-24(9-11-25)19-7-6-16-4-2-3-5-17(16)12-19/h2-5,14,19H,6-13H2,1H3,(H,22,23,27). The van der Waals surface area contributed by atoms with E-state index in [2.05, 4.69) is 39.1 Å². The Morgan fingerprint density at radius 3 is 2.67 bits per heavy atom. The lowest BCUT2D eigenvalue weighted by atomic mass is 9.87. The maximum Gasteiger partial charge on any atom is 0.254 e. The van der Waals surface area contributed by atoms with E-state index in [0.717, 1.165) is 39.0 Å². The predicted molar refractivity (Wildman–Crippen MR) is 104 cm³/mol. The Balaban J connectivity index is 1.32. The van der Waals surface area contributed by atoms with Crippen molar-refractivity contribution in [3.63, 3.8) is 0 Å². The van der Waals surface area contributed by atoms with Crippen molar-refractivity contribution in [1.29, 1.82) is 0 Å². The summed E-state index contributed by atoms with van der Waals surface area (Å²) in [6.07, 6.45) is 5.08. The first-order valence-electron chi connectivity index (χ1n) is 9.73. The van der Waals surface area contributed by atoms with Gasteiger partial charge in [0.25, 0.3) is 5.56 Å². The first-order chi connectivity index (χ1) is 13.1. The summed E-state index contributed by atoms with van der Waals surface area (Å²) in [5, 5.41) is 0. The molecular formula is C21H26N4O2. The van der Waals surface area contributed by atoms with Crippen LogP contribution in [0.15, 0.2) is 35.3 Å². The van der Waals surface area contributed by atoms with Crippen molar-refractivity contribution in [3.8, 4) is 0 Å². The molecule has 1 unspecified atom stereocenters. The molecule has 1 atom stereocenters. The fraction of sp³-hybridized carbons (Fsp3) is 0.476. The zero-order valence-electron chi connectivity index (χ0n) is 15.8. The van der Waals surface area contributed by atoms with Gasteiger partial charge in [-0.05, 0) is 37.3 Å². The molecule has 1 fully saturated rings. The molecule has 2 aliphatic rings. The molecule has 1 aliphatic heterocycles. The number of H-pyrrole nitrogens is 1. The second-order valence-corrected chi connectivity index (χ2v) is 7.58. The zero-order chi connectivity index (χ0) is 18.8. The van der Waals surface area contributed by atoms with Crippen molar-refractivity contribution >= 4 is 5.91 Å². The summed E-state index contributed by atoms with van der Waals surface area (Å²) in [5.41, 5.74) is 3.19. The summed E-state index contributed by atoms with van der Waals surface area (Å²) in [6, 6.07) is 9.30. The highest BCUT2D eigenvalue weighted by Gasteiger charge is 2.28. The molecule has 1 saturated heterocycles. The van der Waals surface area contributed by atoms with E-state index in [0.29, 0.717) is 17.4 Å². The Kier molecular flexibility index (Phi) is 5.07. The summed E-state index contributed by atoms with van der Waals surface area (Å²) < 4.78 is 0. The minimum Gasteiger partial charge on any atom is -0.340 e. The highest BCUT2D eigenvalue weighted by Crippen LogP contribution is 2.25. The van der Waals surface area contributed by atoms with Gasteiger partial charge >= 0.3 is 0 Å². The number of carbonyl (C=O) groups excluding carboxylic acids is 1. The highest BCUT2D eigenvalue weighted by atomic mass is 16.2. The van der Waals surface area contributed by atoms with E-state index in [1.165, 1.54) is 23.7 Å². The smallest absolute Gasteiger partial charge is 0.254 e. The largest absolute Gasteiger partial charge is 0.340 e. The van der Waals surface area contributed by atoms with Gasteiger partial charge in [0, 0.05) is 44.0 Å². The van der Waals surface area contributed by atoms with E-state index in [1.807, 2.05) is 4.90 Å². The van der Waals surface area contributed by atoms with Crippen molar-refractivity contribution < 1.29 is 4.79 Å². The quantitative estimate of drug-likeness (QED) is 0.890. The molecule has 0 radical (unpaired) electrons. The summed E-state index contributed by atoms with van der Waals surface area (Å²) in [6.45, 7) is 5.00. The molecule has 0 bridgehead atoms. The average Bonchev–Trinajstić information content (AvgIpc) is 2.70. The van der Waals surface area contributed by atoms with Gasteiger partial charge in [-0.25, -0.2) is 4.98 Å². The minimum absolute atomic E-state index is 0.0137. The van der Waals surface area contributed by atoms with Gasteiger partial charge in [-0.3, -0.25) is 14.5 Å². The van der Waals surface area contributed by atoms with Gasteiger partial charge in [0.15, 0.2) is 0 Å². The van der Waals surface area contributed by atoms with Gasteiger partial charge in [0.2, 0.25) is 5.91 Å². The predicted octanol–water partition coefficient (Wildman–Crippen LogP) is 1.32. The van der Waals surface area contributed by atoms with Crippen LogP contribution in [-0.2, 0) is 24.1 Å². The van der Waals surface area contributed by atoms with E-state index in [1.54, 1.807) is 6.92 Å². The molecule has 2 heterocycles. The average molecular weight is 366 g/mol. The Labute approximate surface area is 159 Å². The van der Waals surface area contributed by atoms with Crippen LogP contribution in [0.2, 0.25) is 0 Å². The van der Waals surface area contributed by atoms with Crippen LogP contribution in [0.25, 0.3) is 0 Å². The summed E-state index contributed by atoms with van der Waals surface area (Å²) in [4.78, 5) is 35.7. The number of hydrogen-bond acceptors (Lipinski definition) is 4. The first kappa shape index (κ1) is 17.9. The molecule has 6 heteroatoms. The van der Waals surface area contributed by atoms with Crippen molar-refractivity contribution in [3.05, 3.63) is 63.3 Å². The molecule has 0 saturated carbocycles. The van der Waals surface area contributed by atoms with Crippen molar-refractivity contribution in [2.24, 2.45) is 0 Å². The van der Waals surface area contributed by atoms with Crippen LogP contribution in [0.5, 0.6) is 0 Å². The lowest BCUT2D eigenvalue weighted by Crippen LogP contribution is -2.53. The van der Waals surface area contributed by atoms with E-state index >= 15 is 0 Å². The molecule has 1 aromatic carbocycles. The normalized spacial score (nSPS) is 20.3. The van der Waals surface area contributed by atoms with Gasteiger partial charge in [-0.2, -0.15) is 0 Å². The third kappa shape index (κ3) is 3.95. The number of hydrogen-bond donors (Lipinski definition) is 1. The van der Waals surface area contributed by atoms with Gasteiger partial charge in [-0.15, -0.1) is 0 Å². The molecular weight excluding hydrogens is 340 g/mol. The summed E-state index contributed by atoms with van der Waals surface area (Å²) in [5.74, 6) is 0.582. The Morgan fingerprint density at radius 1 is 1.19 bits per heavy atom. The molecule has 27 heavy (non-hydrogen) atoms. The molecule has 2 aromatic rings. The maximum atomic E-state index is 12.6. The third-order valence-corrected chi connectivity index (χ3v) is 5.85. The van der Waals surface area contributed by atoms with E-state index < -0.39 is 0 Å². The van der Waals surface area contributed by atoms with Crippen molar-refractivity contribution in [1.82, 2.24) is 19.8 Å². The fourth-order valence-electron chi connectivity index (χ4n) is 4.24. The van der Waals surface area contributed by atoms with Gasteiger partial charge in [0.05, 0.1) is 6.42 Å². The summed E-state index contributed by atoms with van der Waals surface area (Å²) in [7, 11) is 0. The molecule has 1 amide bonds. The number of aryl methyl sites for hydroxylation is 2. The number of carbonyl (C=O) groups is 1. The van der Waals surface area contributed by atoms with Crippen molar-refractivity contribution in [2.75, 3.05) is 26.2 Å². The molecule has 1 aliphatic carbocycles. The number of amides is 1. The molecule has 6 nitrogen and oxygen atoms in total. The van der Waals surface area contributed by atoms with Crippen LogP contribution in [0.1, 0.15) is 28.9 Å². The molecule has 4 rings (SSSR count). The number of aromatic nitrogens is 2. The molecule has 0 spiro atoms. The zero-order valence-corrected chi connectivity index (χ0v) is 15.8. The lowest BCUT2D eigenvalue weighted by molar-refractivity contribution is -0.132. The molecule has 1 aromatic heterocycles. The second kappa shape index (κ2) is 7.64. The number of rotatable bonds is 3. The Hall–Kier alpha value is -2.47. The van der Waals surface area contributed by atoms with Crippen LogP contribution < -0.4 is 5.56 Å². The lowest BCUT2D eigenvalue weighted by Gasteiger charge is -2.41. The first-order valence-corrected chi connectivity index (χ1v) is 9.73. The van der Waals surface area contributed by atoms with E-state index in [-0.39, 0.29) is 17.9 Å². The topological polar surface area (TPSA) is 69.3 Å². The van der Waals surface area contributed by atoms with Crippen LogP contribution in [0.3, 0.4) is 0 Å². The fourth-order valence-corrected chi connectivity index (χ4v) is 4.24. The van der Waals surface area contributed by atoms with E-state index in [4.69, 9.17) is 0 Å². The number of aromatic amines is 1. The van der Waals surface area contributed by atoms with Gasteiger partial charge in [-0.1, -0.05) is 24.3 Å². The third-order valence-electron chi connectivity index (χ3n) is 5.85. The minimum atomic E-state index is -0.213. The summed E-state index contributed by atoms with van der Waals surface area (Å²) >= 11 is 0. The second-order valence-electron chi connectivity index (χ2n) is 7.58. The number of nitrogens with zero attached hydrogens (tertiary/aromatic N) is 3. The number of benzene rings is 1. The Bertz CT molecular complexity index is 884. The SMILES string of the molecule is Cc1ncc(CC(=O)N2CCN(C3CCc4ccccc4C3)CC2)c(=O)[nH]1. The van der Waals surface area contributed by atoms with Gasteiger partial charge in [0.1, 0.15) is 5.82 Å². The van der Waals surface area contributed by atoms with Crippen LogP contribution >= 0.6 is 0 Å². The van der Waals surface area contributed by atoms with Crippen LogP contribution in [-0.4, -0.2) is 57.9 Å². The highest BCUT2D eigenvalue weighted by molar-refractivity contribution is 5.78. The number of nitrogens with one attached hydrogen (secondary N) is 1. The van der Waals surface area contributed by atoms with Crippen molar-refractivity contribution in [2.45, 2.75) is 38.6 Å². The Morgan fingerprint density at radius 2 is 1.93 bits per heavy atom. The molecule has 142 valence electrons.